The summed E-state index contributed by atoms with van der Waals surface area (Å²) in [4.78, 5) is 14.9. The van der Waals surface area contributed by atoms with Gasteiger partial charge in [0.25, 0.3) is 0 Å². The maximum absolute atomic E-state index is 9.03. The van der Waals surface area contributed by atoms with Crippen LogP contribution in [0.3, 0.4) is 0 Å². The first-order valence-electron chi connectivity index (χ1n) is 10.8. The van der Waals surface area contributed by atoms with E-state index in [4.69, 9.17) is 15.2 Å². The Morgan fingerprint density at radius 1 is 0.971 bits per heavy atom. The number of aromatic nitrogens is 4. The first-order valence-corrected chi connectivity index (χ1v) is 11.6. The Hall–Kier alpha value is -4.15. The molecule has 3 aromatic heterocycles. The van der Waals surface area contributed by atoms with Crippen molar-refractivity contribution in [3.63, 3.8) is 0 Å². The van der Waals surface area contributed by atoms with E-state index in [1.807, 2.05) is 48.4 Å². The van der Waals surface area contributed by atoms with Crippen molar-refractivity contribution in [3.8, 4) is 17.2 Å². The lowest BCUT2D eigenvalue weighted by molar-refractivity contribution is 0.937. The Kier molecular flexibility index (Phi) is 5.74. The van der Waals surface area contributed by atoms with E-state index >= 15 is 0 Å². The van der Waals surface area contributed by atoms with Crippen LogP contribution in [0.2, 0.25) is 0 Å². The van der Waals surface area contributed by atoms with Gasteiger partial charge >= 0.3 is 0 Å². The second-order valence-electron chi connectivity index (χ2n) is 8.10. The van der Waals surface area contributed by atoms with Crippen LogP contribution in [0.15, 0.2) is 83.1 Å². The van der Waals surface area contributed by atoms with E-state index in [9.17, 15) is 0 Å². The molecule has 0 radical (unpaired) electrons. The number of anilines is 2. The highest BCUT2D eigenvalue weighted by atomic mass is 32.2. The van der Waals surface area contributed by atoms with Crippen LogP contribution in [0, 0.1) is 25.2 Å². The summed E-state index contributed by atoms with van der Waals surface area (Å²) in [6.07, 6.45) is 5.72. The normalized spacial score (nSPS) is 10.9. The molecule has 0 fully saturated rings. The predicted octanol–water partition coefficient (Wildman–Crippen LogP) is 6.41. The van der Waals surface area contributed by atoms with Gasteiger partial charge in [0.05, 0.1) is 22.7 Å². The number of nitrogens with one attached hydrogen (secondary N) is 1. The standard InChI is InChI=1S/C27H22N6S/c1-17-14-20(22-10-12-29-16-18(22)2)6-9-24(17)34-26-25-23(11-13-33(25)3)31-27(32-26)30-21-7-4-19(15-28)5-8-21/h4-14,16H,1-3H3,(H,30,31,32). The number of rotatable bonds is 5. The van der Waals surface area contributed by atoms with Crippen molar-refractivity contribution in [2.24, 2.45) is 7.05 Å². The molecule has 34 heavy (non-hydrogen) atoms. The number of aryl methyl sites for hydroxylation is 3. The van der Waals surface area contributed by atoms with Crippen LogP contribution >= 0.6 is 11.8 Å². The summed E-state index contributed by atoms with van der Waals surface area (Å²) in [6, 6.07) is 19.9. The lowest BCUT2D eigenvalue weighted by Crippen LogP contribution is -2.00. The van der Waals surface area contributed by atoms with Crippen molar-refractivity contribution in [1.29, 1.82) is 5.26 Å². The van der Waals surface area contributed by atoms with Gasteiger partial charge in [-0.1, -0.05) is 23.9 Å². The summed E-state index contributed by atoms with van der Waals surface area (Å²) in [7, 11) is 2.01. The second-order valence-corrected chi connectivity index (χ2v) is 9.13. The molecular weight excluding hydrogens is 440 g/mol. The Morgan fingerprint density at radius 2 is 1.79 bits per heavy atom. The van der Waals surface area contributed by atoms with Crippen molar-refractivity contribution in [1.82, 2.24) is 19.5 Å². The number of nitriles is 1. The molecule has 0 aliphatic rings. The molecule has 0 saturated carbocycles. The van der Waals surface area contributed by atoms with Crippen molar-refractivity contribution >= 4 is 34.4 Å². The van der Waals surface area contributed by atoms with Gasteiger partial charge in [-0.3, -0.25) is 4.98 Å². The van der Waals surface area contributed by atoms with E-state index in [0.29, 0.717) is 11.5 Å². The molecule has 1 N–H and O–H groups in total. The first kappa shape index (κ1) is 21.7. The zero-order chi connectivity index (χ0) is 23.7. The molecule has 2 aromatic carbocycles. The van der Waals surface area contributed by atoms with Gasteiger partial charge in [0.2, 0.25) is 5.95 Å². The fourth-order valence-electron chi connectivity index (χ4n) is 3.87. The van der Waals surface area contributed by atoms with Gasteiger partial charge in [-0.2, -0.15) is 5.26 Å². The molecule has 5 rings (SSSR count). The average molecular weight is 463 g/mol. The first-order chi connectivity index (χ1) is 16.5. The van der Waals surface area contributed by atoms with Crippen LogP contribution in [0.1, 0.15) is 16.7 Å². The minimum absolute atomic E-state index is 0.521. The van der Waals surface area contributed by atoms with Crippen molar-refractivity contribution in [2.75, 3.05) is 5.32 Å². The maximum Gasteiger partial charge on any atom is 0.228 e. The van der Waals surface area contributed by atoms with E-state index in [-0.39, 0.29) is 0 Å². The topological polar surface area (TPSA) is 79.4 Å². The van der Waals surface area contributed by atoms with Crippen LogP contribution in [-0.2, 0) is 7.05 Å². The SMILES string of the molecule is Cc1cc(-c2ccncc2C)ccc1Sc1nc(Nc2ccc(C#N)cc2)nc2ccn(C)c12. The van der Waals surface area contributed by atoms with Gasteiger partial charge in [0.1, 0.15) is 5.03 Å². The van der Waals surface area contributed by atoms with Crippen molar-refractivity contribution < 1.29 is 0 Å². The van der Waals surface area contributed by atoms with Gasteiger partial charge in [-0.25, -0.2) is 9.97 Å². The van der Waals surface area contributed by atoms with Gasteiger partial charge in [-0.15, -0.1) is 0 Å². The van der Waals surface area contributed by atoms with E-state index in [2.05, 4.69) is 54.5 Å². The monoisotopic (exact) mass is 462 g/mol. The minimum Gasteiger partial charge on any atom is -0.347 e. The number of hydrogen-bond acceptors (Lipinski definition) is 6. The van der Waals surface area contributed by atoms with Gasteiger partial charge in [-0.05, 0) is 78.6 Å². The highest BCUT2D eigenvalue weighted by molar-refractivity contribution is 7.99. The second kappa shape index (κ2) is 9.00. The maximum atomic E-state index is 9.03. The molecule has 0 amide bonds. The Labute approximate surface area is 202 Å². The molecule has 0 spiro atoms. The Balaban J connectivity index is 1.50. The van der Waals surface area contributed by atoms with E-state index in [1.165, 1.54) is 16.7 Å². The number of fused-ring (bicyclic) bond motifs is 1. The number of benzene rings is 2. The molecule has 0 atom stereocenters. The summed E-state index contributed by atoms with van der Waals surface area (Å²) < 4.78 is 2.05. The van der Waals surface area contributed by atoms with Crippen LogP contribution in [0.25, 0.3) is 22.2 Å². The van der Waals surface area contributed by atoms with Gasteiger partial charge in [0, 0.05) is 36.2 Å². The Morgan fingerprint density at radius 3 is 2.53 bits per heavy atom. The molecule has 0 unspecified atom stereocenters. The molecule has 0 bridgehead atoms. The van der Waals surface area contributed by atoms with Crippen LogP contribution in [0.5, 0.6) is 0 Å². The highest BCUT2D eigenvalue weighted by Gasteiger charge is 2.14. The van der Waals surface area contributed by atoms with Crippen LogP contribution < -0.4 is 5.32 Å². The molecule has 7 heteroatoms. The summed E-state index contributed by atoms with van der Waals surface area (Å²) in [6.45, 7) is 4.21. The number of nitrogens with zero attached hydrogens (tertiary/aromatic N) is 5. The predicted molar refractivity (Wildman–Crippen MR) is 136 cm³/mol. The largest absolute Gasteiger partial charge is 0.347 e. The lowest BCUT2D eigenvalue weighted by Gasteiger charge is -2.12. The molecule has 5 aromatic rings. The zero-order valence-corrected chi connectivity index (χ0v) is 19.9. The molecule has 166 valence electrons. The summed E-state index contributed by atoms with van der Waals surface area (Å²) in [5.41, 5.74) is 8.01. The third kappa shape index (κ3) is 4.24. The third-order valence-electron chi connectivity index (χ3n) is 5.67. The highest BCUT2D eigenvalue weighted by Crippen LogP contribution is 2.36. The molecular formula is C27H22N6S. The fraction of sp³-hybridized carbons (Fsp3) is 0.111. The van der Waals surface area contributed by atoms with Crippen LogP contribution in [-0.4, -0.2) is 19.5 Å². The molecule has 0 aliphatic carbocycles. The third-order valence-corrected chi connectivity index (χ3v) is 6.83. The molecule has 6 nitrogen and oxygen atoms in total. The number of hydrogen-bond donors (Lipinski definition) is 1. The summed E-state index contributed by atoms with van der Waals surface area (Å²) >= 11 is 1.63. The fourth-order valence-corrected chi connectivity index (χ4v) is 4.91. The lowest BCUT2D eigenvalue weighted by atomic mass is 10.0. The molecule has 0 saturated heterocycles. The summed E-state index contributed by atoms with van der Waals surface area (Å²) in [5.74, 6) is 0.521. The molecule has 3 heterocycles. The molecule has 0 aliphatic heterocycles. The van der Waals surface area contributed by atoms with Gasteiger partial charge in [0.15, 0.2) is 0 Å². The van der Waals surface area contributed by atoms with E-state index in [1.54, 1.807) is 23.9 Å². The van der Waals surface area contributed by atoms with E-state index < -0.39 is 0 Å². The number of pyridine rings is 1. The smallest absolute Gasteiger partial charge is 0.228 e. The Bertz CT molecular complexity index is 1550. The quantitative estimate of drug-likeness (QED) is 0.304. The minimum atomic E-state index is 0.521. The van der Waals surface area contributed by atoms with E-state index in [0.717, 1.165) is 32.2 Å². The van der Waals surface area contributed by atoms with Crippen LogP contribution in [0.4, 0.5) is 11.6 Å². The van der Waals surface area contributed by atoms with Crippen molar-refractivity contribution in [3.05, 3.63) is 89.9 Å². The summed E-state index contributed by atoms with van der Waals surface area (Å²) in [5, 5.41) is 13.2. The zero-order valence-electron chi connectivity index (χ0n) is 19.1. The van der Waals surface area contributed by atoms with Gasteiger partial charge < -0.3 is 9.88 Å². The van der Waals surface area contributed by atoms with Crippen molar-refractivity contribution in [2.45, 2.75) is 23.8 Å². The average Bonchev–Trinajstić information content (AvgIpc) is 3.22.